The summed E-state index contributed by atoms with van der Waals surface area (Å²) in [6, 6.07) is 0. The average Bonchev–Trinajstić information content (AvgIpc) is 2.07. The van der Waals surface area contributed by atoms with Gasteiger partial charge in [0.15, 0.2) is 11.6 Å². The Morgan fingerprint density at radius 1 is 1.33 bits per heavy atom. The van der Waals surface area contributed by atoms with Crippen LogP contribution < -0.4 is 4.72 Å². The molecule has 1 heterocycles. The Labute approximate surface area is 74.0 Å². The van der Waals surface area contributed by atoms with Gasteiger partial charge in [-0.3, -0.25) is 14.3 Å². The van der Waals surface area contributed by atoms with Crippen LogP contribution in [-0.2, 0) is 9.59 Å². The van der Waals surface area contributed by atoms with Crippen LogP contribution in [0.2, 0.25) is 0 Å². The minimum Gasteiger partial charge on any atom is -0.293 e. The van der Waals surface area contributed by atoms with E-state index in [0.717, 1.165) is 0 Å². The van der Waals surface area contributed by atoms with Gasteiger partial charge in [0.05, 0.1) is 11.4 Å². The Morgan fingerprint density at radius 2 is 2.17 bits per heavy atom. The minimum atomic E-state index is 0.00745. The van der Waals surface area contributed by atoms with Crippen LogP contribution >= 0.6 is 11.9 Å². The highest BCUT2D eigenvalue weighted by Gasteiger charge is 2.25. The lowest BCUT2D eigenvalue weighted by Gasteiger charge is -2.18. The van der Waals surface area contributed by atoms with Gasteiger partial charge in [0.1, 0.15) is 0 Å². The van der Waals surface area contributed by atoms with E-state index < -0.39 is 0 Å². The Balaban J connectivity index is 2.46. The first-order valence-electron chi connectivity index (χ1n) is 3.66. The van der Waals surface area contributed by atoms with Crippen molar-refractivity contribution in [2.45, 2.75) is 6.42 Å². The standard InChI is InChI=1S/C8H7NO2S/c10-6-3-1-2-5-7(11)4-9-12-8(5)6/h1-2,9H,3-4H2. The second kappa shape index (κ2) is 2.88. The van der Waals surface area contributed by atoms with E-state index in [-0.39, 0.29) is 11.6 Å². The number of hydrogen-bond donors (Lipinski definition) is 1. The predicted molar refractivity (Wildman–Crippen MR) is 46.4 cm³/mol. The number of carbonyl (C=O) groups is 2. The molecule has 1 N–H and O–H groups in total. The first kappa shape index (κ1) is 7.76. The summed E-state index contributed by atoms with van der Waals surface area (Å²) in [5.74, 6) is 0.0473. The summed E-state index contributed by atoms with van der Waals surface area (Å²) in [5, 5.41) is 0. The van der Waals surface area contributed by atoms with Crippen LogP contribution in [0, 0.1) is 0 Å². The number of ketones is 2. The van der Waals surface area contributed by atoms with Gasteiger partial charge >= 0.3 is 0 Å². The third kappa shape index (κ3) is 1.13. The summed E-state index contributed by atoms with van der Waals surface area (Å²) in [6.07, 6.45) is 3.90. The molecule has 0 radical (unpaired) electrons. The lowest BCUT2D eigenvalue weighted by molar-refractivity contribution is -0.117. The number of rotatable bonds is 0. The average molecular weight is 181 g/mol. The van der Waals surface area contributed by atoms with Crippen LogP contribution in [0.4, 0.5) is 0 Å². The molecule has 0 saturated heterocycles. The summed E-state index contributed by atoms with van der Waals surface area (Å²) >= 11 is 1.27. The van der Waals surface area contributed by atoms with Crippen molar-refractivity contribution in [3.8, 4) is 0 Å². The Morgan fingerprint density at radius 3 is 2.92 bits per heavy atom. The lowest BCUT2D eigenvalue weighted by Crippen LogP contribution is -2.27. The molecule has 0 spiro atoms. The predicted octanol–water partition coefficient (Wildman–Crippen LogP) is 0.590. The number of allylic oxidation sites excluding steroid dienone is 3. The molecule has 0 unspecified atom stereocenters. The number of Topliss-reactive ketones (excluding diaryl/α,β-unsaturated/α-hetero) is 2. The van der Waals surface area contributed by atoms with E-state index in [0.29, 0.717) is 23.4 Å². The summed E-state index contributed by atoms with van der Waals surface area (Å²) in [4.78, 5) is 23.1. The van der Waals surface area contributed by atoms with E-state index in [4.69, 9.17) is 0 Å². The van der Waals surface area contributed by atoms with Crippen molar-refractivity contribution in [2.75, 3.05) is 6.54 Å². The fourth-order valence-corrected chi connectivity index (χ4v) is 2.04. The van der Waals surface area contributed by atoms with E-state index in [9.17, 15) is 9.59 Å². The van der Waals surface area contributed by atoms with Crippen LogP contribution in [0.1, 0.15) is 6.42 Å². The van der Waals surface area contributed by atoms with Gasteiger partial charge in [-0.2, -0.15) is 0 Å². The molecule has 62 valence electrons. The maximum Gasteiger partial charge on any atom is 0.178 e. The second-order valence-electron chi connectivity index (χ2n) is 2.62. The van der Waals surface area contributed by atoms with Gasteiger partial charge in [0.25, 0.3) is 0 Å². The van der Waals surface area contributed by atoms with Crippen LogP contribution in [0.15, 0.2) is 22.6 Å². The Kier molecular flexibility index (Phi) is 1.86. The molecule has 0 aromatic rings. The van der Waals surface area contributed by atoms with Gasteiger partial charge in [-0.1, -0.05) is 12.2 Å². The smallest absolute Gasteiger partial charge is 0.178 e. The molecule has 2 rings (SSSR count). The van der Waals surface area contributed by atoms with Crippen molar-refractivity contribution >= 4 is 23.5 Å². The maximum atomic E-state index is 11.3. The van der Waals surface area contributed by atoms with E-state index in [1.807, 2.05) is 0 Å². The molecule has 12 heavy (non-hydrogen) atoms. The minimum absolute atomic E-state index is 0.00745. The first-order valence-corrected chi connectivity index (χ1v) is 4.47. The fourth-order valence-electron chi connectivity index (χ4n) is 1.20. The highest BCUT2D eigenvalue weighted by molar-refractivity contribution is 8.02. The zero-order valence-electron chi connectivity index (χ0n) is 6.29. The van der Waals surface area contributed by atoms with Crippen molar-refractivity contribution in [1.29, 1.82) is 0 Å². The maximum absolute atomic E-state index is 11.3. The Hall–Kier alpha value is -0.870. The second-order valence-corrected chi connectivity index (χ2v) is 3.52. The summed E-state index contributed by atoms with van der Waals surface area (Å²) in [7, 11) is 0. The fraction of sp³-hybridized carbons (Fsp3) is 0.250. The Bertz CT molecular complexity index is 317. The normalized spacial score (nSPS) is 23.0. The molecule has 0 amide bonds. The zero-order chi connectivity index (χ0) is 8.55. The SMILES string of the molecule is O=C1CNSC2=C1C=CCC2=O. The monoisotopic (exact) mass is 181 g/mol. The van der Waals surface area contributed by atoms with Crippen LogP contribution in [-0.4, -0.2) is 18.1 Å². The van der Waals surface area contributed by atoms with Gasteiger partial charge < -0.3 is 0 Å². The van der Waals surface area contributed by atoms with Crippen molar-refractivity contribution in [2.24, 2.45) is 0 Å². The van der Waals surface area contributed by atoms with Crippen molar-refractivity contribution in [3.63, 3.8) is 0 Å². The molecular weight excluding hydrogens is 174 g/mol. The molecule has 0 bridgehead atoms. The van der Waals surface area contributed by atoms with Crippen molar-refractivity contribution in [1.82, 2.24) is 4.72 Å². The van der Waals surface area contributed by atoms with E-state index in [2.05, 4.69) is 4.72 Å². The molecule has 1 aliphatic heterocycles. The van der Waals surface area contributed by atoms with Crippen LogP contribution in [0.25, 0.3) is 0 Å². The molecule has 0 fully saturated rings. The quantitative estimate of drug-likeness (QED) is 0.555. The number of hydrogen-bond acceptors (Lipinski definition) is 4. The van der Waals surface area contributed by atoms with Crippen molar-refractivity contribution in [3.05, 3.63) is 22.6 Å². The third-order valence-corrected chi connectivity index (χ3v) is 2.73. The molecule has 0 saturated carbocycles. The van der Waals surface area contributed by atoms with Gasteiger partial charge in [0.2, 0.25) is 0 Å². The highest BCUT2D eigenvalue weighted by atomic mass is 32.2. The topological polar surface area (TPSA) is 46.2 Å². The molecule has 4 heteroatoms. The van der Waals surface area contributed by atoms with Crippen LogP contribution in [0.3, 0.4) is 0 Å². The van der Waals surface area contributed by atoms with Crippen molar-refractivity contribution < 1.29 is 9.59 Å². The van der Waals surface area contributed by atoms with Gasteiger partial charge in [-0.15, -0.1) is 0 Å². The number of carbonyl (C=O) groups excluding carboxylic acids is 2. The summed E-state index contributed by atoms with van der Waals surface area (Å²) in [5.41, 5.74) is 0.579. The van der Waals surface area contributed by atoms with Crippen LogP contribution in [0.5, 0.6) is 0 Å². The summed E-state index contributed by atoms with van der Waals surface area (Å²) < 4.78 is 2.82. The van der Waals surface area contributed by atoms with E-state index in [1.165, 1.54) is 11.9 Å². The molecular formula is C8H7NO2S. The number of nitrogens with one attached hydrogen (secondary N) is 1. The highest BCUT2D eigenvalue weighted by Crippen LogP contribution is 2.27. The first-order chi connectivity index (χ1) is 5.79. The largest absolute Gasteiger partial charge is 0.293 e. The molecule has 0 aromatic heterocycles. The van der Waals surface area contributed by atoms with Gasteiger partial charge in [0, 0.05) is 12.0 Å². The molecule has 0 atom stereocenters. The molecule has 1 aliphatic carbocycles. The van der Waals surface area contributed by atoms with E-state index in [1.54, 1.807) is 12.2 Å². The van der Waals surface area contributed by atoms with E-state index >= 15 is 0 Å². The molecule has 2 aliphatic rings. The van der Waals surface area contributed by atoms with Gasteiger partial charge in [-0.05, 0) is 11.9 Å². The molecule has 0 aromatic carbocycles. The lowest BCUT2D eigenvalue weighted by atomic mass is 10.0. The van der Waals surface area contributed by atoms with Gasteiger partial charge in [-0.25, -0.2) is 0 Å². The summed E-state index contributed by atoms with van der Waals surface area (Å²) in [6.45, 7) is 0.321. The zero-order valence-corrected chi connectivity index (χ0v) is 7.11. The third-order valence-electron chi connectivity index (χ3n) is 1.79. The molecule has 3 nitrogen and oxygen atoms in total.